The number of benzene rings is 1. The zero-order chi connectivity index (χ0) is 15.2. The number of likely N-dealkylation sites (tertiary alicyclic amines) is 1. The molecule has 5 nitrogen and oxygen atoms in total. The minimum atomic E-state index is -0.177. The van der Waals surface area contributed by atoms with E-state index in [-0.39, 0.29) is 11.7 Å². The van der Waals surface area contributed by atoms with Crippen LogP contribution in [0.5, 0.6) is 0 Å². The molecule has 1 aromatic carbocycles. The van der Waals surface area contributed by atoms with Gasteiger partial charge in [0.2, 0.25) is 5.76 Å². The second-order valence-corrected chi connectivity index (χ2v) is 5.79. The Bertz CT molecular complexity index is 575. The van der Waals surface area contributed by atoms with Gasteiger partial charge in [-0.1, -0.05) is 35.5 Å². The first-order chi connectivity index (χ1) is 10.8. The number of carbonyl (C=O) groups excluding carboxylic acids is 1. The summed E-state index contributed by atoms with van der Waals surface area (Å²) in [4.78, 5) is 14.3. The van der Waals surface area contributed by atoms with E-state index in [1.54, 1.807) is 6.07 Å². The van der Waals surface area contributed by atoms with E-state index >= 15 is 0 Å². The van der Waals surface area contributed by atoms with E-state index in [9.17, 15) is 4.79 Å². The van der Waals surface area contributed by atoms with Gasteiger partial charge in [0.1, 0.15) is 0 Å². The normalized spacial score (nSPS) is 16.5. The highest BCUT2D eigenvalue weighted by atomic mass is 16.5. The Morgan fingerprint density at radius 3 is 2.68 bits per heavy atom. The lowest BCUT2D eigenvalue weighted by atomic mass is 9.96. The Morgan fingerprint density at radius 2 is 2.00 bits per heavy atom. The standard InChI is InChI=1S/C17H21N3O2/c21-17(16-6-9-19-22-16)18-12-14-7-10-20(11-8-14)13-15-4-2-1-3-5-15/h1-6,9,14H,7-8,10-13H2,(H,18,21). The number of hydrogen-bond acceptors (Lipinski definition) is 4. The molecular weight excluding hydrogens is 278 g/mol. The Labute approximate surface area is 130 Å². The van der Waals surface area contributed by atoms with Crippen LogP contribution in [0.4, 0.5) is 0 Å². The van der Waals surface area contributed by atoms with Gasteiger partial charge in [-0.15, -0.1) is 0 Å². The summed E-state index contributed by atoms with van der Waals surface area (Å²) in [6, 6.07) is 12.1. The zero-order valence-corrected chi connectivity index (χ0v) is 12.6. The largest absolute Gasteiger partial charge is 0.351 e. The molecule has 1 fully saturated rings. The Hall–Kier alpha value is -2.14. The van der Waals surface area contributed by atoms with Gasteiger partial charge in [-0.2, -0.15) is 0 Å². The molecule has 0 unspecified atom stereocenters. The molecule has 0 atom stereocenters. The summed E-state index contributed by atoms with van der Waals surface area (Å²) in [5, 5.41) is 6.47. The van der Waals surface area contributed by atoms with Crippen LogP contribution >= 0.6 is 0 Å². The maximum absolute atomic E-state index is 11.8. The van der Waals surface area contributed by atoms with E-state index in [0.717, 1.165) is 32.5 Å². The fourth-order valence-corrected chi connectivity index (χ4v) is 2.85. The quantitative estimate of drug-likeness (QED) is 0.920. The van der Waals surface area contributed by atoms with E-state index < -0.39 is 0 Å². The van der Waals surface area contributed by atoms with Gasteiger partial charge in [0.15, 0.2) is 0 Å². The monoisotopic (exact) mass is 299 g/mol. The van der Waals surface area contributed by atoms with E-state index in [4.69, 9.17) is 4.52 Å². The molecule has 5 heteroatoms. The first kappa shape index (κ1) is 14.8. The van der Waals surface area contributed by atoms with E-state index in [1.807, 2.05) is 6.07 Å². The second-order valence-electron chi connectivity index (χ2n) is 5.79. The number of nitrogens with zero attached hydrogens (tertiary/aromatic N) is 2. The molecule has 1 aliphatic rings. The molecule has 0 radical (unpaired) electrons. The van der Waals surface area contributed by atoms with Crippen LogP contribution in [0.2, 0.25) is 0 Å². The van der Waals surface area contributed by atoms with Crippen LogP contribution in [0.1, 0.15) is 29.0 Å². The van der Waals surface area contributed by atoms with Gasteiger partial charge < -0.3 is 9.84 Å². The predicted molar refractivity (Wildman–Crippen MR) is 83.3 cm³/mol. The third kappa shape index (κ3) is 3.95. The van der Waals surface area contributed by atoms with Crippen molar-refractivity contribution >= 4 is 5.91 Å². The van der Waals surface area contributed by atoms with Gasteiger partial charge in [0.25, 0.3) is 5.91 Å². The number of hydrogen-bond donors (Lipinski definition) is 1. The third-order valence-electron chi connectivity index (χ3n) is 4.17. The van der Waals surface area contributed by atoms with Crippen LogP contribution in [0, 0.1) is 5.92 Å². The van der Waals surface area contributed by atoms with Crippen LogP contribution in [0.3, 0.4) is 0 Å². The zero-order valence-electron chi connectivity index (χ0n) is 12.6. The molecule has 3 rings (SSSR count). The van der Waals surface area contributed by atoms with E-state index in [0.29, 0.717) is 12.5 Å². The molecule has 0 bridgehead atoms. The van der Waals surface area contributed by atoms with Gasteiger partial charge in [-0.3, -0.25) is 9.69 Å². The molecule has 0 spiro atoms. The van der Waals surface area contributed by atoms with Crippen molar-refractivity contribution in [3.63, 3.8) is 0 Å². The third-order valence-corrected chi connectivity index (χ3v) is 4.17. The van der Waals surface area contributed by atoms with Crippen LogP contribution in [0.25, 0.3) is 0 Å². The Balaban J connectivity index is 1.39. The summed E-state index contributed by atoms with van der Waals surface area (Å²) in [5.74, 6) is 0.643. The fourth-order valence-electron chi connectivity index (χ4n) is 2.85. The number of amides is 1. The summed E-state index contributed by atoms with van der Waals surface area (Å²) >= 11 is 0. The lowest BCUT2D eigenvalue weighted by Crippen LogP contribution is -2.38. The summed E-state index contributed by atoms with van der Waals surface area (Å²) in [5.41, 5.74) is 1.36. The molecule has 1 N–H and O–H groups in total. The number of piperidine rings is 1. The molecule has 2 heterocycles. The molecule has 1 saturated heterocycles. The van der Waals surface area contributed by atoms with Crippen LogP contribution in [-0.4, -0.2) is 35.6 Å². The van der Waals surface area contributed by atoms with Crippen molar-refractivity contribution in [2.24, 2.45) is 5.92 Å². The lowest BCUT2D eigenvalue weighted by Gasteiger charge is -2.32. The highest BCUT2D eigenvalue weighted by Crippen LogP contribution is 2.18. The van der Waals surface area contributed by atoms with Crippen molar-refractivity contribution in [3.8, 4) is 0 Å². The lowest BCUT2D eigenvalue weighted by molar-refractivity contribution is 0.0898. The molecular formula is C17H21N3O2. The van der Waals surface area contributed by atoms with Gasteiger partial charge in [0.05, 0.1) is 6.20 Å². The average Bonchev–Trinajstić information content (AvgIpc) is 3.09. The van der Waals surface area contributed by atoms with Crippen molar-refractivity contribution in [2.75, 3.05) is 19.6 Å². The molecule has 0 saturated carbocycles. The van der Waals surface area contributed by atoms with E-state index in [1.165, 1.54) is 11.8 Å². The average molecular weight is 299 g/mol. The first-order valence-corrected chi connectivity index (χ1v) is 7.76. The van der Waals surface area contributed by atoms with Gasteiger partial charge in [-0.25, -0.2) is 0 Å². The number of rotatable bonds is 5. The van der Waals surface area contributed by atoms with Gasteiger partial charge >= 0.3 is 0 Å². The summed E-state index contributed by atoms with van der Waals surface area (Å²) < 4.78 is 4.85. The van der Waals surface area contributed by atoms with Gasteiger partial charge in [0, 0.05) is 19.2 Å². The Kier molecular flexibility index (Phi) is 4.85. The minimum absolute atomic E-state index is 0.177. The summed E-state index contributed by atoms with van der Waals surface area (Å²) in [6.07, 6.45) is 3.71. The molecule has 1 aromatic heterocycles. The topological polar surface area (TPSA) is 58.4 Å². The first-order valence-electron chi connectivity index (χ1n) is 7.76. The van der Waals surface area contributed by atoms with Gasteiger partial charge in [-0.05, 0) is 37.4 Å². The predicted octanol–water partition coefficient (Wildman–Crippen LogP) is 2.32. The molecule has 1 aliphatic heterocycles. The molecule has 116 valence electrons. The minimum Gasteiger partial charge on any atom is -0.351 e. The Morgan fingerprint density at radius 1 is 1.23 bits per heavy atom. The summed E-state index contributed by atoms with van der Waals surface area (Å²) in [6.45, 7) is 3.88. The summed E-state index contributed by atoms with van der Waals surface area (Å²) in [7, 11) is 0. The van der Waals surface area contributed by atoms with Crippen molar-refractivity contribution in [1.82, 2.24) is 15.4 Å². The number of nitrogens with one attached hydrogen (secondary N) is 1. The SMILES string of the molecule is O=C(NCC1CCN(Cc2ccccc2)CC1)c1ccno1. The smallest absolute Gasteiger partial charge is 0.289 e. The number of carbonyl (C=O) groups is 1. The maximum atomic E-state index is 11.8. The fraction of sp³-hybridized carbons (Fsp3) is 0.412. The molecule has 2 aromatic rings. The van der Waals surface area contributed by atoms with Crippen LogP contribution in [0.15, 0.2) is 47.1 Å². The molecule has 0 aliphatic carbocycles. The van der Waals surface area contributed by atoms with Crippen LogP contribution < -0.4 is 5.32 Å². The second kappa shape index (κ2) is 7.22. The van der Waals surface area contributed by atoms with Crippen molar-refractivity contribution in [3.05, 3.63) is 53.9 Å². The number of aromatic nitrogens is 1. The van der Waals surface area contributed by atoms with Crippen molar-refractivity contribution in [1.29, 1.82) is 0 Å². The van der Waals surface area contributed by atoms with Crippen molar-refractivity contribution in [2.45, 2.75) is 19.4 Å². The molecule has 22 heavy (non-hydrogen) atoms. The maximum Gasteiger partial charge on any atom is 0.289 e. The van der Waals surface area contributed by atoms with Crippen LogP contribution in [-0.2, 0) is 6.54 Å². The van der Waals surface area contributed by atoms with E-state index in [2.05, 4.69) is 39.6 Å². The molecule has 1 amide bonds. The highest BCUT2D eigenvalue weighted by Gasteiger charge is 2.20. The van der Waals surface area contributed by atoms with Crippen molar-refractivity contribution < 1.29 is 9.32 Å². The highest BCUT2D eigenvalue weighted by molar-refractivity contribution is 5.91.